The number of hydrogen-bond donors (Lipinski definition) is 0. The van der Waals surface area contributed by atoms with Crippen LogP contribution in [0.3, 0.4) is 0 Å². The summed E-state index contributed by atoms with van der Waals surface area (Å²) in [6.07, 6.45) is 0. The van der Waals surface area contributed by atoms with Gasteiger partial charge in [0.15, 0.2) is 0 Å². The zero-order valence-corrected chi connectivity index (χ0v) is 13.4. The second kappa shape index (κ2) is 377. The van der Waals surface area contributed by atoms with Crippen LogP contribution >= 0.6 is 0 Å². The molecule has 0 heterocycles. The van der Waals surface area contributed by atoms with Crippen LogP contribution in [-0.2, 0) is 51.2 Å². The van der Waals surface area contributed by atoms with Crippen LogP contribution < -0.4 is 59.1 Å². The molecule has 0 saturated heterocycles. The fraction of sp³-hybridized carbons (Fsp3) is 0. The molecule has 0 aromatic heterocycles. The maximum Gasteiger partial charge on any atom is 4.00 e. The predicted octanol–water partition coefficient (Wildman–Crippen LogP) is -8.71. The summed E-state index contributed by atoms with van der Waals surface area (Å²) >= 11 is 0. The largest absolute Gasteiger partial charge is 4.00 e. The van der Waals surface area contributed by atoms with Gasteiger partial charge in [-0.1, -0.05) is 0 Å². The Morgan fingerprint density at radius 3 is 0.385 bits per heavy atom. The Balaban J connectivity index is 0. The van der Waals surface area contributed by atoms with E-state index in [1.807, 2.05) is 0 Å². The fourth-order valence-corrected chi connectivity index (χ4v) is 0. The van der Waals surface area contributed by atoms with Crippen molar-refractivity contribution in [3.63, 3.8) is 0 Å². The summed E-state index contributed by atoms with van der Waals surface area (Å²) in [5.74, 6) is 0. The molecular formula is H8Cr2Na2O9. The molecule has 0 rings (SSSR count). The van der Waals surface area contributed by atoms with Gasteiger partial charge in [0, 0.05) is 0 Å². The van der Waals surface area contributed by atoms with Crippen molar-refractivity contribution < 1.29 is 143 Å². The van der Waals surface area contributed by atoms with Gasteiger partial charge in [-0.05, 0) is 0 Å². The second-order valence-corrected chi connectivity index (χ2v) is 0. The average Bonchev–Trinajstić information content (AvgIpc) is 0. The maximum absolute atomic E-state index is 0. The molecule has 0 saturated carbocycles. The summed E-state index contributed by atoms with van der Waals surface area (Å²) in [5, 5.41) is 0. The molecule has 13 heteroatoms. The van der Waals surface area contributed by atoms with Gasteiger partial charge in [0.2, 0.25) is 0 Å². The molecule has 0 fully saturated rings. The Bertz CT molecular complexity index is 15.6. The molecule has 0 unspecified atom stereocenters. The van der Waals surface area contributed by atoms with Crippen LogP contribution in [0.15, 0.2) is 0 Å². The molecular weight excluding hydrogens is 294 g/mol. The van der Waals surface area contributed by atoms with Crippen molar-refractivity contribution in [3.8, 4) is 0 Å². The normalized spacial score (nSPS) is 0. The van der Waals surface area contributed by atoms with E-state index < -0.39 is 0 Å². The molecule has 0 atom stereocenters. The molecule has 9 nitrogen and oxygen atoms in total. The zero-order chi connectivity index (χ0) is 0. The summed E-state index contributed by atoms with van der Waals surface area (Å²) in [6, 6.07) is 0. The fourth-order valence-electron chi connectivity index (χ4n) is 0. The van der Waals surface area contributed by atoms with E-state index >= 15 is 0 Å². The quantitative estimate of drug-likeness (QED) is 0.394. The first-order valence-corrected chi connectivity index (χ1v) is 0. The first-order chi connectivity index (χ1) is 0. The Morgan fingerprint density at radius 1 is 0.385 bits per heavy atom. The molecule has 0 spiro atoms. The molecule has 0 aliphatic rings. The molecule has 13 heavy (non-hydrogen) atoms. The molecule has 0 aromatic rings. The van der Waals surface area contributed by atoms with Crippen LogP contribution in [-0.4, -0.2) is 32.9 Å². The summed E-state index contributed by atoms with van der Waals surface area (Å²) in [7, 11) is 0. The van der Waals surface area contributed by atoms with Crippen LogP contribution in [0.4, 0.5) is 0 Å². The Hall–Kier alpha value is 2.70. The first kappa shape index (κ1) is 464. The van der Waals surface area contributed by atoms with E-state index in [0.717, 1.165) is 0 Å². The molecule has 0 amide bonds. The van der Waals surface area contributed by atoms with E-state index in [2.05, 4.69) is 0 Å². The van der Waals surface area contributed by atoms with E-state index in [1.54, 1.807) is 0 Å². The standard InChI is InChI=1S/2Cr.2Na.6H2O.3O/h;;;;6*1H2;;;/q2*+4;2*+1;;;;;;;3*-2/p-4. The molecule has 76 valence electrons. The van der Waals surface area contributed by atoms with E-state index in [9.17, 15) is 0 Å². The number of hydrogen-bond acceptors (Lipinski definition) is 4. The van der Waals surface area contributed by atoms with Crippen molar-refractivity contribution in [2.24, 2.45) is 0 Å². The van der Waals surface area contributed by atoms with E-state index in [4.69, 9.17) is 0 Å². The van der Waals surface area contributed by atoms with Crippen molar-refractivity contribution in [1.82, 2.24) is 0 Å². The van der Waals surface area contributed by atoms with Gasteiger partial charge >= 0.3 is 93.8 Å². The smallest absolute Gasteiger partial charge is 2.00 e. The summed E-state index contributed by atoms with van der Waals surface area (Å²) in [5.41, 5.74) is 0. The van der Waals surface area contributed by atoms with E-state index in [1.165, 1.54) is 0 Å². The van der Waals surface area contributed by atoms with Gasteiger partial charge in [-0.2, -0.15) is 0 Å². The molecule has 0 radical (unpaired) electrons. The maximum atomic E-state index is 0. The third-order valence-corrected chi connectivity index (χ3v) is 0. The Labute approximate surface area is 141 Å². The molecule has 0 bridgehead atoms. The minimum Gasteiger partial charge on any atom is -2.00 e. The third kappa shape index (κ3) is 324. The topological polar surface area (TPSA) is 268 Å². The van der Waals surface area contributed by atoms with Crippen molar-refractivity contribution in [1.29, 1.82) is 0 Å². The van der Waals surface area contributed by atoms with Crippen molar-refractivity contribution in [2.75, 3.05) is 0 Å². The molecule has 0 aliphatic heterocycles. The van der Waals surface area contributed by atoms with Crippen LogP contribution in [0.25, 0.3) is 0 Å². The van der Waals surface area contributed by atoms with Crippen LogP contribution in [0, 0.1) is 0 Å². The van der Waals surface area contributed by atoms with Gasteiger partial charge in [-0.15, -0.1) is 0 Å². The van der Waals surface area contributed by atoms with Crippen molar-refractivity contribution >= 4 is 0 Å². The Morgan fingerprint density at radius 2 is 0.385 bits per heavy atom. The molecule has 0 aliphatic carbocycles. The SMILES string of the molecule is O.O.[Cr+4].[Cr+4].[Na+].[Na+].[O-2].[O-2].[O-2].[OH-].[OH-].[OH-].[OH-]. The summed E-state index contributed by atoms with van der Waals surface area (Å²) in [6.45, 7) is 0. The van der Waals surface area contributed by atoms with Crippen LogP contribution in [0.5, 0.6) is 0 Å². The molecule has 0 aromatic carbocycles. The van der Waals surface area contributed by atoms with Gasteiger partial charge in [0.25, 0.3) is 0 Å². The van der Waals surface area contributed by atoms with Crippen LogP contribution in [0.2, 0.25) is 0 Å². The minimum atomic E-state index is 0. The van der Waals surface area contributed by atoms with Crippen molar-refractivity contribution in [2.45, 2.75) is 0 Å². The monoisotopic (exact) mass is 302 g/mol. The average molecular weight is 302 g/mol. The van der Waals surface area contributed by atoms with E-state index in [-0.39, 0.29) is 143 Å². The van der Waals surface area contributed by atoms with Gasteiger partial charge in [0.1, 0.15) is 0 Å². The number of rotatable bonds is 0. The van der Waals surface area contributed by atoms with Crippen molar-refractivity contribution in [3.05, 3.63) is 0 Å². The molecule has 8 N–H and O–H groups in total. The second-order valence-electron chi connectivity index (χ2n) is 0. The van der Waals surface area contributed by atoms with Gasteiger partial charge in [0.05, 0.1) is 0 Å². The third-order valence-electron chi connectivity index (χ3n) is 0. The summed E-state index contributed by atoms with van der Waals surface area (Å²) < 4.78 is 0. The summed E-state index contributed by atoms with van der Waals surface area (Å²) in [4.78, 5) is 0. The van der Waals surface area contributed by atoms with Crippen LogP contribution in [0.1, 0.15) is 0 Å². The first-order valence-electron chi connectivity index (χ1n) is 0. The van der Waals surface area contributed by atoms with Gasteiger partial charge in [-0.25, -0.2) is 0 Å². The van der Waals surface area contributed by atoms with Gasteiger partial charge < -0.3 is 49.3 Å². The zero-order valence-electron chi connectivity index (χ0n) is 6.83. The predicted molar refractivity (Wildman–Crippen MR) is 17.0 cm³/mol. The minimum absolute atomic E-state index is 0. The van der Waals surface area contributed by atoms with Gasteiger partial charge in [-0.3, -0.25) is 0 Å². The van der Waals surface area contributed by atoms with E-state index in [0.29, 0.717) is 0 Å². The Kier molecular flexibility index (Phi) is 13500.